The molecular formula is C21H23N5O2S. The highest BCUT2D eigenvalue weighted by Gasteiger charge is 2.13. The minimum atomic E-state index is -0.0338. The number of aromatic nitrogens is 4. The molecule has 0 unspecified atom stereocenters. The number of amides is 1. The van der Waals surface area contributed by atoms with Crippen LogP contribution >= 0.6 is 11.8 Å². The van der Waals surface area contributed by atoms with Crippen molar-refractivity contribution >= 4 is 29.1 Å². The number of carbonyl (C=O) groups is 2. The first kappa shape index (κ1) is 20.7. The molecule has 2 aromatic carbocycles. The van der Waals surface area contributed by atoms with Crippen molar-refractivity contribution in [3.05, 3.63) is 59.7 Å². The number of anilines is 1. The molecule has 1 N–H and O–H groups in total. The fourth-order valence-electron chi connectivity index (χ4n) is 2.65. The second kappa shape index (κ2) is 9.47. The Balaban J connectivity index is 1.60. The lowest BCUT2D eigenvalue weighted by Crippen LogP contribution is -2.14. The Hall–Kier alpha value is -3.00. The van der Waals surface area contributed by atoms with Crippen molar-refractivity contribution in [2.75, 3.05) is 11.1 Å². The van der Waals surface area contributed by atoms with Crippen molar-refractivity contribution in [3.63, 3.8) is 0 Å². The zero-order valence-corrected chi connectivity index (χ0v) is 17.4. The van der Waals surface area contributed by atoms with Crippen LogP contribution in [0.25, 0.3) is 5.69 Å². The molecule has 0 saturated heterocycles. The van der Waals surface area contributed by atoms with E-state index in [2.05, 4.69) is 20.8 Å². The highest BCUT2D eigenvalue weighted by molar-refractivity contribution is 7.99. The van der Waals surface area contributed by atoms with Crippen LogP contribution in [0.2, 0.25) is 0 Å². The summed E-state index contributed by atoms with van der Waals surface area (Å²) < 4.78 is 1.62. The lowest BCUT2D eigenvalue weighted by Gasteiger charge is -2.08. The summed E-state index contributed by atoms with van der Waals surface area (Å²) in [5.74, 6) is 0.445. The predicted octanol–water partition coefficient (Wildman–Crippen LogP) is 3.93. The third-order valence-corrected chi connectivity index (χ3v) is 5.06. The Bertz CT molecular complexity index is 981. The largest absolute Gasteiger partial charge is 0.326 e. The van der Waals surface area contributed by atoms with Crippen molar-refractivity contribution in [3.8, 4) is 5.69 Å². The van der Waals surface area contributed by atoms with Gasteiger partial charge in [0, 0.05) is 17.7 Å². The summed E-state index contributed by atoms with van der Waals surface area (Å²) in [5, 5.41) is 15.1. The van der Waals surface area contributed by atoms with Gasteiger partial charge in [0.2, 0.25) is 11.1 Å². The van der Waals surface area contributed by atoms with Crippen molar-refractivity contribution in [2.24, 2.45) is 5.92 Å². The molecular weight excluding hydrogens is 386 g/mol. The average Bonchev–Trinajstić information content (AvgIpc) is 3.15. The monoisotopic (exact) mass is 409 g/mol. The molecule has 0 fully saturated rings. The Morgan fingerprint density at radius 3 is 2.41 bits per heavy atom. The van der Waals surface area contributed by atoms with Crippen LogP contribution < -0.4 is 5.32 Å². The van der Waals surface area contributed by atoms with Gasteiger partial charge in [0.05, 0.1) is 11.4 Å². The number of nitrogens with zero attached hydrogens (tertiary/aromatic N) is 4. The predicted molar refractivity (Wildman–Crippen MR) is 113 cm³/mol. The van der Waals surface area contributed by atoms with Crippen LogP contribution in [-0.4, -0.2) is 37.7 Å². The molecule has 0 radical (unpaired) electrons. The number of thioether (sulfide) groups is 1. The van der Waals surface area contributed by atoms with Gasteiger partial charge in [-0.05, 0) is 59.7 Å². The summed E-state index contributed by atoms with van der Waals surface area (Å²) in [6.45, 7) is 6.00. The Kier molecular flexibility index (Phi) is 6.77. The summed E-state index contributed by atoms with van der Waals surface area (Å²) in [7, 11) is 0. The van der Waals surface area contributed by atoms with Crippen LogP contribution in [0, 0.1) is 12.8 Å². The van der Waals surface area contributed by atoms with Gasteiger partial charge in [-0.25, -0.2) is 0 Å². The van der Waals surface area contributed by atoms with Crippen LogP contribution in [0.1, 0.15) is 36.2 Å². The average molecular weight is 410 g/mol. The number of ketones is 1. The van der Waals surface area contributed by atoms with Gasteiger partial charge in [0.1, 0.15) is 0 Å². The third kappa shape index (κ3) is 5.74. The zero-order chi connectivity index (χ0) is 20.8. The van der Waals surface area contributed by atoms with E-state index in [-0.39, 0.29) is 17.4 Å². The lowest BCUT2D eigenvalue weighted by atomic mass is 10.1. The van der Waals surface area contributed by atoms with E-state index in [1.54, 1.807) is 28.9 Å². The molecule has 0 atom stereocenters. The maximum atomic E-state index is 12.5. The quantitative estimate of drug-likeness (QED) is 0.448. The number of hydrogen-bond donors (Lipinski definition) is 1. The van der Waals surface area contributed by atoms with Crippen LogP contribution in [0.3, 0.4) is 0 Å². The molecule has 3 rings (SSSR count). The highest BCUT2D eigenvalue weighted by Crippen LogP contribution is 2.20. The standard InChI is InChI=1S/C21H23N5O2S/c1-14(2)12-20(28)22-17-8-6-16(7-9-17)19(27)13-29-21-23-24-25-26(21)18-10-4-15(3)5-11-18/h4-11,14H,12-13H2,1-3H3,(H,22,28). The maximum absolute atomic E-state index is 12.5. The van der Waals surface area contributed by atoms with E-state index in [1.165, 1.54) is 11.8 Å². The molecule has 1 heterocycles. The van der Waals surface area contributed by atoms with E-state index in [9.17, 15) is 9.59 Å². The van der Waals surface area contributed by atoms with Crippen LogP contribution in [0.5, 0.6) is 0 Å². The molecule has 29 heavy (non-hydrogen) atoms. The topological polar surface area (TPSA) is 89.8 Å². The number of aryl methyl sites for hydroxylation is 1. The second-order valence-electron chi connectivity index (χ2n) is 7.14. The molecule has 0 saturated carbocycles. The van der Waals surface area contributed by atoms with Gasteiger partial charge in [0.15, 0.2) is 5.78 Å². The minimum Gasteiger partial charge on any atom is -0.326 e. The van der Waals surface area contributed by atoms with Crippen LogP contribution in [0.15, 0.2) is 53.7 Å². The van der Waals surface area contributed by atoms with Crippen LogP contribution in [0.4, 0.5) is 5.69 Å². The zero-order valence-electron chi connectivity index (χ0n) is 16.6. The van der Waals surface area contributed by atoms with E-state index >= 15 is 0 Å². The number of hydrogen-bond acceptors (Lipinski definition) is 6. The van der Waals surface area contributed by atoms with E-state index in [4.69, 9.17) is 0 Å². The van der Waals surface area contributed by atoms with Gasteiger partial charge < -0.3 is 5.32 Å². The smallest absolute Gasteiger partial charge is 0.224 e. The summed E-state index contributed by atoms with van der Waals surface area (Å²) >= 11 is 1.28. The fraction of sp³-hybridized carbons (Fsp3) is 0.286. The number of Topliss-reactive ketones (excluding diaryl/α,β-unsaturated/α-hetero) is 1. The Labute approximate surface area is 173 Å². The molecule has 150 valence electrons. The van der Waals surface area contributed by atoms with Gasteiger partial charge in [0.25, 0.3) is 0 Å². The van der Waals surface area contributed by atoms with Crippen LogP contribution in [-0.2, 0) is 4.79 Å². The molecule has 0 aliphatic rings. The van der Waals surface area contributed by atoms with Gasteiger partial charge >= 0.3 is 0 Å². The Morgan fingerprint density at radius 1 is 1.07 bits per heavy atom. The van der Waals surface area contributed by atoms with Gasteiger partial charge in [-0.2, -0.15) is 4.68 Å². The van der Waals surface area contributed by atoms with Gasteiger partial charge in [-0.1, -0.05) is 43.3 Å². The number of carbonyl (C=O) groups excluding carboxylic acids is 2. The molecule has 0 aliphatic carbocycles. The second-order valence-corrected chi connectivity index (χ2v) is 8.09. The molecule has 0 spiro atoms. The van der Waals surface area contributed by atoms with Crippen molar-refractivity contribution < 1.29 is 9.59 Å². The lowest BCUT2D eigenvalue weighted by molar-refractivity contribution is -0.116. The van der Waals surface area contributed by atoms with E-state index in [0.717, 1.165) is 11.3 Å². The minimum absolute atomic E-state index is 0.0300. The highest BCUT2D eigenvalue weighted by atomic mass is 32.2. The summed E-state index contributed by atoms with van der Waals surface area (Å²) in [6, 6.07) is 14.8. The van der Waals surface area contributed by atoms with Crippen molar-refractivity contribution in [2.45, 2.75) is 32.3 Å². The SMILES string of the molecule is Cc1ccc(-n2nnnc2SCC(=O)c2ccc(NC(=O)CC(C)C)cc2)cc1. The van der Waals surface area contributed by atoms with Gasteiger partial charge in [-0.3, -0.25) is 9.59 Å². The molecule has 1 amide bonds. The first-order chi connectivity index (χ1) is 13.9. The summed E-state index contributed by atoms with van der Waals surface area (Å²) in [6.07, 6.45) is 0.465. The van der Waals surface area contributed by atoms with E-state index in [1.807, 2.05) is 45.0 Å². The number of rotatable bonds is 8. The van der Waals surface area contributed by atoms with E-state index < -0.39 is 0 Å². The molecule has 7 nitrogen and oxygen atoms in total. The Morgan fingerprint density at radius 2 is 1.76 bits per heavy atom. The fourth-order valence-corrected chi connectivity index (χ4v) is 3.44. The maximum Gasteiger partial charge on any atom is 0.224 e. The van der Waals surface area contributed by atoms with E-state index in [0.29, 0.717) is 28.7 Å². The van der Waals surface area contributed by atoms with Crippen molar-refractivity contribution in [1.82, 2.24) is 20.2 Å². The summed E-state index contributed by atoms with van der Waals surface area (Å²) in [4.78, 5) is 24.4. The normalized spacial score (nSPS) is 10.9. The molecule has 1 aromatic heterocycles. The number of nitrogens with one attached hydrogen (secondary N) is 1. The van der Waals surface area contributed by atoms with Gasteiger partial charge in [-0.15, -0.1) is 5.10 Å². The number of tetrazole rings is 1. The molecule has 8 heteroatoms. The number of benzene rings is 2. The molecule has 3 aromatic rings. The third-order valence-electron chi connectivity index (χ3n) is 4.14. The molecule has 0 bridgehead atoms. The molecule has 0 aliphatic heterocycles. The first-order valence-corrected chi connectivity index (χ1v) is 10.3. The summed E-state index contributed by atoms with van der Waals surface area (Å²) in [5.41, 5.74) is 3.25. The van der Waals surface area contributed by atoms with Crippen molar-refractivity contribution in [1.29, 1.82) is 0 Å². The first-order valence-electron chi connectivity index (χ1n) is 9.33.